The van der Waals surface area contributed by atoms with Crippen LogP contribution in [0.5, 0.6) is 17.2 Å². The minimum atomic E-state index is 0.511. The normalized spacial score (nSPS) is 14.2. The van der Waals surface area contributed by atoms with Crippen molar-refractivity contribution in [3.05, 3.63) is 83.4 Å². The molecule has 0 aliphatic carbocycles. The summed E-state index contributed by atoms with van der Waals surface area (Å²) in [5.41, 5.74) is 5.25. The van der Waals surface area contributed by atoms with E-state index in [9.17, 15) is 0 Å². The molecule has 0 saturated carbocycles. The van der Waals surface area contributed by atoms with Crippen LogP contribution < -0.4 is 19.1 Å². The lowest BCUT2D eigenvalue weighted by molar-refractivity contribution is 0.261. The van der Waals surface area contributed by atoms with Gasteiger partial charge in [-0.15, -0.1) is 0 Å². The van der Waals surface area contributed by atoms with Crippen molar-refractivity contribution in [3.8, 4) is 17.2 Å². The number of rotatable bonds is 9. The van der Waals surface area contributed by atoms with Gasteiger partial charge in [0.2, 0.25) is 0 Å². The molecule has 1 aliphatic heterocycles. The highest BCUT2D eigenvalue weighted by atomic mass is 16.5. The molecule has 0 N–H and O–H groups in total. The Hall–Kier alpha value is -3.18. The van der Waals surface area contributed by atoms with Crippen LogP contribution in [-0.4, -0.2) is 51.8 Å². The molecule has 1 aliphatic rings. The SMILES string of the molecule is COc1cc(OC)cc(OCc2ccc(CCN3CCN(c4ccccc4C)CC3)cc2)c1. The van der Waals surface area contributed by atoms with Crippen LogP contribution in [0.15, 0.2) is 66.7 Å². The maximum Gasteiger partial charge on any atom is 0.127 e. The van der Waals surface area contributed by atoms with E-state index in [2.05, 4.69) is 65.3 Å². The largest absolute Gasteiger partial charge is 0.496 e. The maximum absolute atomic E-state index is 5.95. The minimum absolute atomic E-state index is 0.511. The van der Waals surface area contributed by atoms with E-state index in [1.165, 1.54) is 16.8 Å². The third kappa shape index (κ3) is 6.20. The Bertz CT molecular complexity index is 1010. The Labute approximate surface area is 197 Å². The fourth-order valence-electron chi connectivity index (χ4n) is 4.25. The molecule has 0 amide bonds. The molecule has 3 aromatic carbocycles. The van der Waals surface area contributed by atoms with E-state index < -0.39 is 0 Å². The topological polar surface area (TPSA) is 34.2 Å². The summed E-state index contributed by atoms with van der Waals surface area (Å²) in [4.78, 5) is 5.08. The van der Waals surface area contributed by atoms with E-state index >= 15 is 0 Å². The molecule has 174 valence electrons. The molecule has 0 atom stereocenters. The quantitative estimate of drug-likeness (QED) is 0.464. The van der Waals surface area contributed by atoms with Crippen LogP contribution >= 0.6 is 0 Å². The number of hydrogen-bond donors (Lipinski definition) is 0. The van der Waals surface area contributed by atoms with E-state index in [0.29, 0.717) is 6.61 Å². The zero-order valence-electron chi connectivity index (χ0n) is 19.9. The molecule has 1 fully saturated rings. The number of para-hydroxylation sites is 1. The van der Waals surface area contributed by atoms with Gasteiger partial charge in [0.15, 0.2) is 0 Å². The number of hydrogen-bond acceptors (Lipinski definition) is 5. The Morgan fingerprint density at radius 2 is 1.33 bits per heavy atom. The summed E-state index contributed by atoms with van der Waals surface area (Å²) < 4.78 is 16.6. The molecule has 0 radical (unpaired) electrons. The van der Waals surface area contributed by atoms with Gasteiger partial charge in [-0.05, 0) is 36.1 Å². The summed E-state index contributed by atoms with van der Waals surface area (Å²) in [6, 6.07) is 23.0. The standard InChI is InChI=1S/C28H34N2O3/c1-22-6-4-5-7-28(22)30-16-14-29(15-17-30)13-12-23-8-10-24(11-9-23)21-33-27-19-25(31-2)18-26(20-27)32-3/h4-11,18-20H,12-17,21H2,1-3H3. The molecule has 0 aromatic heterocycles. The fraction of sp³-hybridized carbons (Fsp3) is 0.357. The van der Waals surface area contributed by atoms with E-state index in [1.54, 1.807) is 14.2 Å². The highest BCUT2D eigenvalue weighted by Gasteiger charge is 2.17. The van der Waals surface area contributed by atoms with E-state index in [4.69, 9.17) is 14.2 Å². The molecule has 4 rings (SSSR count). The Kier molecular flexibility index (Phi) is 7.74. The van der Waals surface area contributed by atoms with Crippen molar-refractivity contribution >= 4 is 5.69 Å². The lowest BCUT2D eigenvalue weighted by atomic mass is 10.1. The van der Waals surface area contributed by atoms with Crippen molar-refractivity contribution in [2.24, 2.45) is 0 Å². The summed E-state index contributed by atoms with van der Waals surface area (Å²) in [6.07, 6.45) is 1.07. The van der Waals surface area contributed by atoms with Gasteiger partial charge in [0, 0.05) is 56.6 Å². The Balaban J connectivity index is 1.23. The van der Waals surface area contributed by atoms with Crippen LogP contribution in [0.4, 0.5) is 5.69 Å². The fourth-order valence-corrected chi connectivity index (χ4v) is 4.25. The molecular formula is C28H34N2O3. The van der Waals surface area contributed by atoms with Crippen molar-refractivity contribution in [2.75, 3.05) is 51.8 Å². The molecule has 5 nitrogen and oxygen atoms in total. The summed E-state index contributed by atoms with van der Waals surface area (Å²) in [5, 5.41) is 0. The summed E-state index contributed by atoms with van der Waals surface area (Å²) in [7, 11) is 3.28. The van der Waals surface area contributed by atoms with Gasteiger partial charge < -0.3 is 19.1 Å². The first-order valence-corrected chi connectivity index (χ1v) is 11.6. The summed E-state index contributed by atoms with van der Waals surface area (Å²) in [6.45, 7) is 8.23. The highest BCUT2D eigenvalue weighted by molar-refractivity contribution is 5.53. The van der Waals surface area contributed by atoms with Crippen LogP contribution in [0.2, 0.25) is 0 Å². The zero-order valence-corrected chi connectivity index (χ0v) is 19.9. The number of ether oxygens (including phenoxy) is 3. The van der Waals surface area contributed by atoms with E-state index in [1.807, 2.05) is 18.2 Å². The van der Waals surface area contributed by atoms with Gasteiger partial charge in [-0.25, -0.2) is 0 Å². The molecule has 3 aromatic rings. The smallest absolute Gasteiger partial charge is 0.127 e. The van der Waals surface area contributed by atoms with Crippen LogP contribution in [-0.2, 0) is 13.0 Å². The van der Waals surface area contributed by atoms with Crippen LogP contribution in [0.3, 0.4) is 0 Å². The molecule has 1 heterocycles. The maximum atomic E-state index is 5.95. The van der Waals surface area contributed by atoms with Crippen molar-refractivity contribution in [1.82, 2.24) is 4.90 Å². The number of methoxy groups -OCH3 is 2. The average molecular weight is 447 g/mol. The predicted octanol–water partition coefficient (Wildman–Crippen LogP) is 4.96. The van der Waals surface area contributed by atoms with Gasteiger partial charge in [0.05, 0.1) is 14.2 Å². The van der Waals surface area contributed by atoms with Gasteiger partial charge in [-0.3, -0.25) is 4.90 Å². The number of piperazine rings is 1. The van der Waals surface area contributed by atoms with Gasteiger partial charge >= 0.3 is 0 Å². The molecule has 0 spiro atoms. The molecule has 0 bridgehead atoms. The second-order valence-corrected chi connectivity index (χ2v) is 8.52. The lowest BCUT2D eigenvalue weighted by Crippen LogP contribution is -2.47. The average Bonchev–Trinajstić information content (AvgIpc) is 2.87. The van der Waals surface area contributed by atoms with Crippen LogP contribution in [0.1, 0.15) is 16.7 Å². The third-order valence-corrected chi connectivity index (χ3v) is 6.30. The van der Waals surface area contributed by atoms with E-state index in [-0.39, 0.29) is 0 Å². The van der Waals surface area contributed by atoms with Crippen LogP contribution in [0, 0.1) is 6.92 Å². The number of anilines is 1. The van der Waals surface area contributed by atoms with Gasteiger partial charge in [0.25, 0.3) is 0 Å². The summed E-state index contributed by atoms with van der Waals surface area (Å²) >= 11 is 0. The van der Waals surface area contributed by atoms with E-state index in [0.717, 1.165) is 62.0 Å². The highest BCUT2D eigenvalue weighted by Crippen LogP contribution is 2.28. The second kappa shape index (κ2) is 11.1. The second-order valence-electron chi connectivity index (χ2n) is 8.52. The lowest BCUT2D eigenvalue weighted by Gasteiger charge is -2.36. The molecule has 0 unspecified atom stereocenters. The number of nitrogens with zero attached hydrogens (tertiary/aromatic N) is 2. The Morgan fingerprint density at radius 1 is 0.727 bits per heavy atom. The van der Waals surface area contributed by atoms with Crippen molar-refractivity contribution in [2.45, 2.75) is 20.0 Å². The number of benzene rings is 3. The van der Waals surface area contributed by atoms with Gasteiger partial charge in [0.1, 0.15) is 23.9 Å². The molecule has 1 saturated heterocycles. The van der Waals surface area contributed by atoms with Crippen molar-refractivity contribution in [3.63, 3.8) is 0 Å². The minimum Gasteiger partial charge on any atom is -0.496 e. The van der Waals surface area contributed by atoms with Crippen molar-refractivity contribution < 1.29 is 14.2 Å². The molecular weight excluding hydrogens is 412 g/mol. The molecule has 5 heteroatoms. The first kappa shape index (κ1) is 23.0. The summed E-state index contributed by atoms with van der Waals surface area (Å²) in [5.74, 6) is 2.18. The number of aryl methyl sites for hydroxylation is 1. The predicted molar refractivity (Wildman–Crippen MR) is 134 cm³/mol. The first-order valence-electron chi connectivity index (χ1n) is 11.6. The molecule has 33 heavy (non-hydrogen) atoms. The third-order valence-electron chi connectivity index (χ3n) is 6.30. The first-order chi connectivity index (χ1) is 16.1. The van der Waals surface area contributed by atoms with Crippen molar-refractivity contribution in [1.29, 1.82) is 0 Å². The van der Waals surface area contributed by atoms with Crippen LogP contribution in [0.25, 0.3) is 0 Å². The van der Waals surface area contributed by atoms with Gasteiger partial charge in [-0.1, -0.05) is 42.5 Å². The zero-order chi connectivity index (χ0) is 23.0. The Morgan fingerprint density at radius 3 is 1.97 bits per heavy atom. The van der Waals surface area contributed by atoms with Gasteiger partial charge in [-0.2, -0.15) is 0 Å². The monoisotopic (exact) mass is 446 g/mol.